The molecule has 0 fully saturated rings. The molecular weight excluding hydrogens is 109 g/mol. The van der Waals surface area contributed by atoms with Crippen molar-refractivity contribution in [3.8, 4) is 0 Å². The molecule has 0 aromatic carbocycles. The molecule has 2 heteroatoms. The van der Waals surface area contributed by atoms with Gasteiger partial charge in [0.05, 0.1) is 0 Å². The second-order valence-electron chi connectivity index (χ2n) is 2.37. The second-order valence-corrected chi connectivity index (χ2v) is 2.37. The monoisotopic (exact) mass is 124 g/mol. The molecule has 9 heavy (non-hydrogen) atoms. The second kappa shape index (κ2) is 5.89. The Hall–Kier alpha value is -0.235. The van der Waals surface area contributed by atoms with Crippen LogP contribution >= 0.6 is 0 Å². The van der Waals surface area contributed by atoms with Crippen LogP contribution in [0.5, 0.6) is 0 Å². The highest BCUT2D eigenvalue weighted by Gasteiger charge is 1.91. The summed E-state index contributed by atoms with van der Waals surface area (Å²) < 4.78 is 0. The quantitative estimate of drug-likeness (QED) is 0.305. The lowest BCUT2D eigenvalue weighted by atomic mass is 9.85. The Labute approximate surface area is 59.0 Å². The largest absolute Gasteiger partial charge is 0.352 e. The van der Waals surface area contributed by atoms with E-state index >= 15 is 0 Å². The zero-order chi connectivity index (χ0) is 7.11. The maximum atomic E-state index is 3.65. The topological polar surface area (TPSA) is 3.24 Å². The van der Waals surface area contributed by atoms with Crippen LogP contribution in [0.1, 0.15) is 12.8 Å². The van der Waals surface area contributed by atoms with Crippen molar-refractivity contribution in [3.63, 3.8) is 0 Å². The Balaban J connectivity index is 2.82. The van der Waals surface area contributed by atoms with Gasteiger partial charge in [-0.3, -0.25) is 0 Å². The molecule has 0 atom stereocenters. The first-order valence-electron chi connectivity index (χ1n) is 3.38. The number of nitrogens with zero attached hydrogens (tertiary/aromatic N) is 1. The van der Waals surface area contributed by atoms with E-state index in [0.29, 0.717) is 0 Å². The van der Waals surface area contributed by atoms with Gasteiger partial charge in [0, 0.05) is 0 Å². The summed E-state index contributed by atoms with van der Waals surface area (Å²) in [5.41, 5.74) is 0. The summed E-state index contributed by atoms with van der Waals surface area (Å²) in [6.45, 7) is 3.65. The van der Waals surface area contributed by atoms with E-state index in [1.807, 2.05) is 20.2 Å². The predicted molar refractivity (Wildman–Crippen MR) is 43.7 cm³/mol. The lowest BCUT2D eigenvalue weighted by molar-refractivity contribution is 0.653. The fourth-order valence-corrected chi connectivity index (χ4v) is 0.612. The molecule has 0 rings (SSSR count). The van der Waals surface area contributed by atoms with Crippen molar-refractivity contribution < 1.29 is 0 Å². The zero-order valence-corrected chi connectivity index (χ0v) is 6.43. The van der Waals surface area contributed by atoms with Gasteiger partial charge in [-0.1, -0.05) is 18.8 Å². The van der Waals surface area contributed by atoms with Crippen LogP contribution in [0.3, 0.4) is 0 Å². The minimum Gasteiger partial charge on any atom is -0.352 e. The molecule has 0 aliphatic rings. The highest BCUT2D eigenvalue weighted by molar-refractivity contribution is 6.31. The van der Waals surface area contributed by atoms with E-state index in [4.69, 9.17) is 0 Å². The maximum absolute atomic E-state index is 3.65. The summed E-state index contributed by atoms with van der Waals surface area (Å²) in [5.74, 6) is 0. The maximum Gasteiger partial charge on any atom is 0.207 e. The van der Waals surface area contributed by atoms with Crippen LogP contribution in [-0.4, -0.2) is 26.3 Å². The van der Waals surface area contributed by atoms with E-state index in [2.05, 4.69) is 18.8 Å². The number of allylic oxidation sites excluding steroid dienone is 1. The van der Waals surface area contributed by atoms with E-state index in [1.165, 1.54) is 12.7 Å². The van der Waals surface area contributed by atoms with Crippen molar-refractivity contribution in [1.29, 1.82) is 0 Å². The lowest BCUT2D eigenvalue weighted by Crippen LogP contribution is -2.16. The molecular formula is C7H15BN. The molecule has 0 saturated carbocycles. The van der Waals surface area contributed by atoms with Gasteiger partial charge >= 0.3 is 0 Å². The van der Waals surface area contributed by atoms with Crippen LogP contribution in [0.4, 0.5) is 0 Å². The Morgan fingerprint density at radius 2 is 2.22 bits per heavy atom. The summed E-state index contributed by atoms with van der Waals surface area (Å²) in [5, 5.41) is 0. The van der Waals surface area contributed by atoms with Gasteiger partial charge < -0.3 is 4.81 Å². The van der Waals surface area contributed by atoms with Crippen LogP contribution in [0.15, 0.2) is 12.7 Å². The molecule has 1 nitrogen and oxygen atoms in total. The fourth-order valence-electron chi connectivity index (χ4n) is 0.612. The molecule has 0 unspecified atom stereocenters. The van der Waals surface area contributed by atoms with Crippen LogP contribution in [0, 0.1) is 0 Å². The van der Waals surface area contributed by atoms with Gasteiger partial charge in [0.2, 0.25) is 7.41 Å². The van der Waals surface area contributed by atoms with Gasteiger partial charge in [0.1, 0.15) is 0 Å². The first kappa shape index (κ1) is 8.76. The molecule has 1 radical (unpaired) electrons. The summed E-state index contributed by atoms with van der Waals surface area (Å²) in [7, 11) is 6.28. The summed E-state index contributed by atoms with van der Waals surface area (Å²) in [4.78, 5) is 2.09. The van der Waals surface area contributed by atoms with Crippen molar-refractivity contribution in [2.24, 2.45) is 0 Å². The average molecular weight is 124 g/mol. The van der Waals surface area contributed by atoms with Crippen LogP contribution in [0.25, 0.3) is 0 Å². The lowest BCUT2D eigenvalue weighted by Gasteiger charge is -2.04. The molecule has 51 valence electrons. The van der Waals surface area contributed by atoms with Gasteiger partial charge in [-0.15, -0.1) is 6.58 Å². The SMILES string of the molecule is C=CCCC[B]N(C)C. The Kier molecular flexibility index (Phi) is 5.74. The van der Waals surface area contributed by atoms with Crippen molar-refractivity contribution in [2.45, 2.75) is 19.2 Å². The van der Waals surface area contributed by atoms with Crippen molar-refractivity contribution in [1.82, 2.24) is 4.81 Å². The predicted octanol–water partition coefficient (Wildman–Crippen LogP) is 1.55. The summed E-state index contributed by atoms with van der Waals surface area (Å²) in [6, 6.07) is 0. The molecule has 0 spiro atoms. The minimum atomic E-state index is 1.13. The van der Waals surface area contributed by atoms with Gasteiger partial charge in [0.25, 0.3) is 0 Å². The summed E-state index contributed by atoms with van der Waals surface area (Å²) in [6.07, 6.45) is 5.48. The molecule has 0 bridgehead atoms. The van der Waals surface area contributed by atoms with E-state index in [-0.39, 0.29) is 0 Å². The normalized spacial score (nSPS) is 9.67. The number of hydrogen-bond donors (Lipinski definition) is 0. The summed E-state index contributed by atoms with van der Waals surface area (Å²) >= 11 is 0. The van der Waals surface area contributed by atoms with Crippen molar-refractivity contribution >= 4 is 7.41 Å². The van der Waals surface area contributed by atoms with Crippen LogP contribution < -0.4 is 0 Å². The number of hydrogen-bond acceptors (Lipinski definition) is 1. The molecule has 0 amide bonds. The molecule has 0 aromatic rings. The van der Waals surface area contributed by atoms with E-state index in [0.717, 1.165) is 6.42 Å². The first-order chi connectivity index (χ1) is 4.27. The van der Waals surface area contributed by atoms with Crippen LogP contribution in [-0.2, 0) is 0 Å². The Morgan fingerprint density at radius 3 is 2.67 bits per heavy atom. The smallest absolute Gasteiger partial charge is 0.207 e. The highest BCUT2D eigenvalue weighted by atomic mass is 15.0. The van der Waals surface area contributed by atoms with E-state index < -0.39 is 0 Å². The van der Waals surface area contributed by atoms with Crippen LogP contribution in [0.2, 0.25) is 6.32 Å². The number of unbranched alkanes of at least 4 members (excludes halogenated alkanes) is 1. The van der Waals surface area contributed by atoms with Gasteiger partial charge in [-0.25, -0.2) is 0 Å². The molecule has 0 aromatic heterocycles. The highest BCUT2D eigenvalue weighted by Crippen LogP contribution is 1.95. The van der Waals surface area contributed by atoms with Crippen molar-refractivity contribution in [3.05, 3.63) is 12.7 Å². The Bertz CT molecular complexity index is 71.3. The first-order valence-corrected chi connectivity index (χ1v) is 3.38. The van der Waals surface area contributed by atoms with E-state index in [9.17, 15) is 0 Å². The minimum absolute atomic E-state index is 1.13. The van der Waals surface area contributed by atoms with E-state index in [1.54, 1.807) is 0 Å². The third-order valence-corrected chi connectivity index (χ3v) is 1.11. The van der Waals surface area contributed by atoms with Gasteiger partial charge in [-0.05, 0) is 20.5 Å². The zero-order valence-electron chi connectivity index (χ0n) is 6.43. The number of rotatable bonds is 5. The third kappa shape index (κ3) is 7.76. The average Bonchev–Trinajstić information content (AvgIpc) is 1.80. The molecule has 0 N–H and O–H groups in total. The molecule has 0 saturated heterocycles. The fraction of sp³-hybridized carbons (Fsp3) is 0.714. The Morgan fingerprint density at radius 1 is 1.56 bits per heavy atom. The molecule has 0 aliphatic carbocycles. The molecule has 0 aliphatic heterocycles. The van der Waals surface area contributed by atoms with Gasteiger partial charge in [-0.2, -0.15) is 0 Å². The van der Waals surface area contributed by atoms with Crippen molar-refractivity contribution in [2.75, 3.05) is 14.1 Å². The third-order valence-electron chi connectivity index (χ3n) is 1.11. The standard InChI is InChI=1S/C7H15BN/c1-4-5-6-7-8-9(2)3/h4H,1,5-7H2,2-3H3. The molecule has 0 heterocycles. The van der Waals surface area contributed by atoms with Gasteiger partial charge in [0.15, 0.2) is 0 Å².